The third-order valence-corrected chi connectivity index (χ3v) is 5.69. The summed E-state index contributed by atoms with van der Waals surface area (Å²) in [6.07, 6.45) is 0. The number of carbonyl (C=O) groups is 3. The van der Waals surface area contributed by atoms with Crippen molar-refractivity contribution in [2.45, 2.75) is 13.5 Å². The van der Waals surface area contributed by atoms with Gasteiger partial charge in [0.25, 0.3) is 11.8 Å². The summed E-state index contributed by atoms with van der Waals surface area (Å²) < 4.78 is 0. The van der Waals surface area contributed by atoms with Gasteiger partial charge >= 0.3 is 0 Å². The molecule has 0 bridgehead atoms. The van der Waals surface area contributed by atoms with Crippen LogP contribution in [0, 0.1) is 0 Å². The van der Waals surface area contributed by atoms with E-state index >= 15 is 0 Å². The topological polar surface area (TPSA) is 73.0 Å². The van der Waals surface area contributed by atoms with E-state index in [1.165, 1.54) is 24.4 Å². The maximum Gasteiger partial charge on any atom is 0.277 e. The summed E-state index contributed by atoms with van der Waals surface area (Å²) in [5.41, 5.74) is 3.50. The largest absolute Gasteiger partial charge is 0.364 e. The molecule has 2 heterocycles. The number of rotatable bonds is 5. The highest BCUT2D eigenvalue weighted by molar-refractivity contribution is 6.35. The Kier molecular flexibility index (Phi) is 5.86. The zero-order valence-corrected chi connectivity index (χ0v) is 17.8. The third kappa shape index (κ3) is 4.36. The van der Waals surface area contributed by atoms with Crippen LogP contribution < -0.4 is 5.32 Å². The molecule has 0 spiro atoms. The lowest BCUT2D eigenvalue weighted by atomic mass is 10.0. The Morgan fingerprint density at radius 2 is 1.55 bits per heavy atom. The van der Waals surface area contributed by atoms with Gasteiger partial charge in [-0.2, -0.15) is 0 Å². The SMILES string of the molecule is CC(=O)Nc1ccc(C2=C(N3CCN(Cc4ccccc4)CC3)C(=O)N(C)C2=O)cc1. The van der Waals surface area contributed by atoms with Crippen molar-refractivity contribution in [3.8, 4) is 0 Å². The molecule has 2 aliphatic heterocycles. The number of amides is 3. The molecule has 1 saturated heterocycles. The lowest BCUT2D eigenvalue weighted by Gasteiger charge is -2.36. The summed E-state index contributed by atoms with van der Waals surface area (Å²) in [5, 5.41) is 2.72. The molecule has 3 amide bonds. The summed E-state index contributed by atoms with van der Waals surface area (Å²) in [4.78, 5) is 42.6. The van der Waals surface area contributed by atoms with Gasteiger partial charge in [-0.1, -0.05) is 42.5 Å². The maximum atomic E-state index is 12.9. The minimum atomic E-state index is -0.293. The van der Waals surface area contributed by atoms with Crippen molar-refractivity contribution < 1.29 is 14.4 Å². The molecule has 31 heavy (non-hydrogen) atoms. The van der Waals surface area contributed by atoms with Crippen molar-refractivity contribution in [2.75, 3.05) is 38.5 Å². The van der Waals surface area contributed by atoms with Crippen LogP contribution in [0.4, 0.5) is 5.69 Å². The minimum Gasteiger partial charge on any atom is -0.364 e. The van der Waals surface area contributed by atoms with Crippen LogP contribution in [0.25, 0.3) is 5.57 Å². The van der Waals surface area contributed by atoms with Crippen molar-refractivity contribution in [1.29, 1.82) is 0 Å². The van der Waals surface area contributed by atoms with Crippen LogP contribution in [-0.4, -0.2) is 65.6 Å². The van der Waals surface area contributed by atoms with Crippen LogP contribution in [0.5, 0.6) is 0 Å². The summed E-state index contributed by atoms with van der Waals surface area (Å²) in [6.45, 7) is 5.32. The third-order valence-electron chi connectivity index (χ3n) is 5.69. The molecule has 0 unspecified atom stereocenters. The van der Waals surface area contributed by atoms with Crippen LogP contribution in [-0.2, 0) is 20.9 Å². The second-order valence-corrected chi connectivity index (χ2v) is 7.90. The standard InChI is InChI=1S/C24H26N4O3/c1-17(29)25-20-10-8-19(9-11-20)21-22(24(31)26(2)23(21)30)28-14-12-27(13-15-28)16-18-6-4-3-5-7-18/h3-11H,12-16H2,1-2H3,(H,25,29). The fourth-order valence-electron chi connectivity index (χ4n) is 4.08. The average Bonchev–Trinajstić information content (AvgIpc) is 2.99. The molecule has 2 aromatic rings. The van der Waals surface area contributed by atoms with E-state index in [-0.39, 0.29) is 17.7 Å². The Labute approximate surface area is 181 Å². The lowest BCUT2D eigenvalue weighted by molar-refractivity contribution is -0.136. The molecule has 2 aromatic carbocycles. The first-order valence-electron chi connectivity index (χ1n) is 10.4. The summed E-state index contributed by atoms with van der Waals surface area (Å²) in [5.74, 6) is -0.714. The highest BCUT2D eigenvalue weighted by Crippen LogP contribution is 2.32. The summed E-state index contributed by atoms with van der Waals surface area (Å²) in [7, 11) is 1.52. The van der Waals surface area contributed by atoms with Crippen LogP contribution in [0.3, 0.4) is 0 Å². The Morgan fingerprint density at radius 1 is 0.903 bits per heavy atom. The molecule has 0 aliphatic carbocycles. The van der Waals surface area contributed by atoms with Gasteiger partial charge in [0.15, 0.2) is 0 Å². The second kappa shape index (κ2) is 8.73. The second-order valence-electron chi connectivity index (χ2n) is 7.90. The van der Waals surface area contributed by atoms with Gasteiger partial charge in [-0.3, -0.25) is 24.2 Å². The van der Waals surface area contributed by atoms with Gasteiger partial charge in [-0.05, 0) is 23.3 Å². The van der Waals surface area contributed by atoms with E-state index in [9.17, 15) is 14.4 Å². The predicted octanol–water partition coefficient (Wildman–Crippen LogP) is 2.17. The Morgan fingerprint density at radius 3 is 2.16 bits per heavy atom. The zero-order chi connectivity index (χ0) is 22.0. The first-order valence-corrected chi connectivity index (χ1v) is 10.4. The van der Waals surface area contributed by atoms with Crippen LogP contribution in [0.15, 0.2) is 60.3 Å². The summed E-state index contributed by atoms with van der Waals surface area (Å²) in [6, 6.07) is 17.4. The molecule has 0 radical (unpaired) electrons. The summed E-state index contributed by atoms with van der Waals surface area (Å²) >= 11 is 0. The van der Waals surface area contributed by atoms with Gasteiger partial charge in [-0.25, -0.2) is 0 Å². The Hall–Kier alpha value is -3.45. The number of anilines is 1. The van der Waals surface area contributed by atoms with Gasteiger partial charge in [0.1, 0.15) is 5.70 Å². The van der Waals surface area contributed by atoms with Crippen molar-refractivity contribution in [2.24, 2.45) is 0 Å². The van der Waals surface area contributed by atoms with E-state index in [2.05, 4.69) is 22.3 Å². The molecular weight excluding hydrogens is 392 g/mol. The molecule has 4 rings (SSSR count). The first kappa shape index (κ1) is 20.8. The van der Waals surface area contributed by atoms with Gasteiger partial charge < -0.3 is 10.2 Å². The van der Waals surface area contributed by atoms with Crippen molar-refractivity contribution in [1.82, 2.24) is 14.7 Å². The fourth-order valence-corrected chi connectivity index (χ4v) is 4.08. The van der Waals surface area contributed by atoms with E-state index in [0.717, 1.165) is 19.6 Å². The zero-order valence-electron chi connectivity index (χ0n) is 17.8. The smallest absolute Gasteiger partial charge is 0.277 e. The van der Waals surface area contributed by atoms with E-state index in [4.69, 9.17) is 0 Å². The molecule has 7 nitrogen and oxygen atoms in total. The molecule has 0 saturated carbocycles. The maximum absolute atomic E-state index is 12.9. The number of piperazine rings is 1. The first-order chi connectivity index (χ1) is 14.9. The fraction of sp³-hybridized carbons (Fsp3) is 0.292. The number of likely N-dealkylation sites (N-methyl/N-ethyl adjacent to an activating group) is 1. The van der Waals surface area contributed by atoms with Crippen molar-refractivity contribution in [3.63, 3.8) is 0 Å². The van der Waals surface area contributed by atoms with Crippen molar-refractivity contribution >= 4 is 29.0 Å². The molecule has 0 aromatic heterocycles. The van der Waals surface area contributed by atoms with Gasteiger partial charge in [0, 0.05) is 52.4 Å². The quantitative estimate of drug-likeness (QED) is 0.754. The number of hydrogen-bond acceptors (Lipinski definition) is 5. The van der Waals surface area contributed by atoms with Crippen molar-refractivity contribution in [3.05, 3.63) is 71.4 Å². The number of carbonyl (C=O) groups excluding carboxylic acids is 3. The normalized spacial score (nSPS) is 17.5. The van der Waals surface area contributed by atoms with Gasteiger partial charge in [0.05, 0.1) is 5.57 Å². The molecule has 0 atom stereocenters. The minimum absolute atomic E-state index is 0.159. The number of nitrogens with one attached hydrogen (secondary N) is 1. The number of benzene rings is 2. The van der Waals surface area contributed by atoms with Crippen LogP contribution in [0.1, 0.15) is 18.1 Å². The number of hydrogen-bond donors (Lipinski definition) is 1. The molecule has 1 N–H and O–H groups in total. The van der Waals surface area contributed by atoms with E-state index in [1.807, 2.05) is 23.1 Å². The monoisotopic (exact) mass is 418 g/mol. The molecule has 2 aliphatic rings. The van der Waals surface area contributed by atoms with Gasteiger partial charge in [-0.15, -0.1) is 0 Å². The van der Waals surface area contributed by atoms with Crippen LogP contribution in [0.2, 0.25) is 0 Å². The van der Waals surface area contributed by atoms with E-state index < -0.39 is 0 Å². The van der Waals surface area contributed by atoms with E-state index in [0.29, 0.717) is 35.6 Å². The van der Waals surface area contributed by atoms with Crippen LogP contribution >= 0.6 is 0 Å². The molecule has 7 heteroatoms. The van der Waals surface area contributed by atoms with Gasteiger partial charge in [0.2, 0.25) is 5.91 Å². The lowest BCUT2D eigenvalue weighted by Crippen LogP contribution is -2.46. The Bertz CT molecular complexity index is 1020. The number of imide groups is 1. The highest BCUT2D eigenvalue weighted by Gasteiger charge is 2.40. The predicted molar refractivity (Wildman–Crippen MR) is 119 cm³/mol. The molecule has 160 valence electrons. The Balaban J connectivity index is 1.54. The number of nitrogens with zero attached hydrogens (tertiary/aromatic N) is 3. The molecule has 1 fully saturated rings. The average molecular weight is 418 g/mol. The molecular formula is C24H26N4O3. The highest BCUT2D eigenvalue weighted by atomic mass is 16.2. The van der Waals surface area contributed by atoms with E-state index in [1.54, 1.807) is 24.3 Å².